The molecule has 0 aromatic heterocycles. The highest BCUT2D eigenvalue weighted by atomic mass is 16.5. The fourth-order valence-electron chi connectivity index (χ4n) is 3.09. The van der Waals surface area contributed by atoms with Crippen LogP contribution < -0.4 is 10.6 Å². The van der Waals surface area contributed by atoms with Crippen molar-refractivity contribution in [3.05, 3.63) is 35.4 Å². The molecule has 6 nitrogen and oxygen atoms in total. The molecule has 1 amide bonds. The average molecular weight is 361 g/mol. The largest absolute Gasteiger partial charge is 0.370 e. The number of carbonyl (C=O) groups is 1. The molecule has 6 heteroatoms. The number of nitrogens with one attached hydrogen (secondary N) is 2. The third-order valence-corrected chi connectivity index (χ3v) is 4.70. The van der Waals surface area contributed by atoms with Gasteiger partial charge in [-0.05, 0) is 38.8 Å². The Morgan fingerprint density at radius 1 is 1.38 bits per heavy atom. The first-order chi connectivity index (χ1) is 12.4. The highest BCUT2D eigenvalue weighted by molar-refractivity contribution is 5.83. The predicted molar refractivity (Wildman–Crippen MR) is 105 cm³/mol. The summed E-state index contributed by atoms with van der Waals surface area (Å²) in [5, 5.41) is 6.07. The van der Waals surface area contributed by atoms with E-state index in [1.54, 1.807) is 7.05 Å². The zero-order chi connectivity index (χ0) is 19.2. The minimum atomic E-state index is -0.545. The second kappa shape index (κ2) is 9.03. The lowest BCUT2D eigenvalue weighted by atomic mass is 9.93. The summed E-state index contributed by atoms with van der Waals surface area (Å²) < 4.78 is 6.02. The molecule has 0 spiro atoms. The van der Waals surface area contributed by atoms with Crippen LogP contribution in [0.1, 0.15) is 38.0 Å². The van der Waals surface area contributed by atoms with Gasteiger partial charge in [0, 0.05) is 20.1 Å². The maximum absolute atomic E-state index is 12.0. The van der Waals surface area contributed by atoms with Crippen LogP contribution in [0.4, 0.5) is 0 Å². The number of aryl methyl sites for hydroxylation is 1. The summed E-state index contributed by atoms with van der Waals surface area (Å²) in [6.07, 6.45) is 0.0285. The predicted octanol–water partition coefficient (Wildman–Crippen LogP) is 2.11. The molecular weight excluding hydrogens is 328 g/mol. The minimum Gasteiger partial charge on any atom is -0.370 e. The van der Waals surface area contributed by atoms with Crippen LogP contribution in [-0.4, -0.2) is 56.6 Å². The molecule has 1 aliphatic rings. The number of guanidine groups is 1. The van der Waals surface area contributed by atoms with Crippen molar-refractivity contribution in [2.24, 2.45) is 10.4 Å². The zero-order valence-electron chi connectivity index (χ0n) is 16.6. The van der Waals surface area contributed by atoms with Crippen molar-refractivity contribution < 1.29 is 9.53 Å². The number of rotatable bonds is 5. The van der Waals surface area contributed by atoms with E-state index in [4.69, 9.17) is 9.73 Å². The van der Waals surface area contributed by atoms with Crippen LogP contribution in [0.2, 0.25) is 0 Å². The number of ether oxygens (including phenoxy) is 1. The van der Waals surface area contributed by atoms with E-state index in [1.165, 1.54) is 11.1 Å². The Balaban J connectivity index is 2.14. The van der Waals surface area contributed by atoms with E-state index >= 15 is 0 Å². The third-order valence-electron chi connectivity index (χ3n) is 4.70. The van der Waals surface area contributed by atoms with Gasteiger partial charge in [0.1, 0.15) is 6.10 Å². The first-order valence-corrected chi connectivity index (χ1v) is 9.31. The van der Waals surface area contributed by atoms with Gasteiger partial charge in [0.2, 0.25) is 5.91 Å². The Bertz CT molecular complexity index is 642. The number of morpholine rings is 1. The van der Waals surface area contributed by atoms with E-state index in [0.29, 0.717) is 13.2 Å². The summed E-state index contributed by atoms with van der Waals surface area (Å²) in [6, 6.07) is 8.34. The van der Waals surface area contributed by atoms with Crippen LogP contribution in [0.3, 0.4) is 0 Å². The molecule has 0 aliphatic carbocycles. The Hall–Kier alpha value is -2.08. The normalized spacial score (nSPS) is 18.6. The molecule has 1 heterocycles. The topological polar surface area (TPSA) is 66.0 Å². The molecule has 26 heavy (non-hydrogen) atoms. The molecule has 1 aliphatic heterocycles. The molecule has 1 aromatic carbocycles. The first-order valence-electron chi connectivity index (χ1n) is 9.31. The molecule has 0 bridgehead atoms. The summed E-state index contributed by atoms with van der Waals surface area (Å²) in [5.74, 6) is 0.836. The second-order valence-corrected chi connectivity index (χ2v) is 7.30. The Labute approximate surface area is 157 Å². The van der Waals surface area contributed by atoms with Gasteiger partial charge in [-0.3, -0.25) is 9.79 Å². The smallest absolute Gasteiger partial charge is 0.227 e. The Morgan fingerprint density at radius 2 is 2.12 bits per heavy atom. The van der Waals surface area contributed by atoms with Gasteiger partial charge in [0.05, 0.1) is 25.1 Å². The van der Waals surface area contributed by atoms with Crippen molar-refractivity contribution in [1.82, 2.24) is 15.5 Å². The molecule has 1 fully saturated rings. The van der Waals surface area contributed by atoms with Crippen molar-refractivity contribution in [2.45, 2.75) is 33.8 Å². The Kier molecular flexibility index (Phi) is 7.03. The van der Waals surface area contributed by atoms with Gasteiger partial charge in [0.25, 0.3) is 0 Å². The van der Waals surface area contributed by atoms with Crippen LogP contribution in [0, 0.1) is 12.3 Å². The summed E-state index contributed by atoms with van der Waals surface area (Å²) in [5.41, 5.74) is 1.91. The number of hydrogen-bond donors (Lipinski definition) is 2. The molecule has 144 valence electrons. The zero-order valence-corrected chi connectivity index (χ0v) is 16.6. The van der Waals surface area contributed by atoms with E-state index in [1.807, 2.05) is 19.9 Å². The third kappa shape index (κ3) is 4.97. The number of aliphatic imine (C=N–C) groups is 1. The van der Waals surface area contributed by atoms with Gasteiger partial charge in [-0.2, -0.15) is 0 Å². The molecular formula is C20H32N4O2. The standard InChI is InChI=1S/C20H32N4O2/c1-6-22-19(23-14-20(3,4)18(25)21-5)24-11-12-26-17(13-24)16-10-8-7-9-15(16)2/h7-10,17H,6,11-14H2,1-5H3,(H,21,25)(H,22,23). The summed E-state index contributed by atoms with van der Waals surface area (Å²) in [7, 11) is 1.66. The molecule has 0 saturated carbocycles. The van der Waals surface area contributed by atoms with E-state index < -0.39 is 5.41 Å². The number of benzene rings is 1. The monoisotopic (exact) mass is 360 g/mol. The number of carbonyl (C=O) groups excluding carboxylic acids is 1. The average Bonchev–Trinajstić information content (AvgIpc) is 2.64. The lowest BCUT2D eigenvalue weighted by Gasteiger charge is -2.36. The number of amides is 1. The van der Waals surface area contributed by atoms with Crippen molar-refractivity contribution in [3.63, 3.8) is 0 Å². The van der Waals surface area contributed by atoms with Crippen LogP contribution in [0.5, 0.6) is 0 Å². The molecule has 1 saturated heterocycles. The van der Waals surface area contributed by atoms with Gasteiger partial charge < -0.3 is 20.3 Å². The summed E-state index contributed by atoms with van der Waals surface area (Å²) in [4.78, 5) is 19.0. The van der Waals surface area contributed by atoms with Gasteiger partial charge in [-0.1, -0.05) is 24.3 Å². The van der Waals surface area contributed by atoms with Crippen molar-refractivity contribution in [3.8, 4) is 0 Å². The molecule has 1 aromatic rings. The lowest BCUT2D eigenvalue weighted by molar-refractivity contribution is -0.128. The molecule has 1 unspecified atom stereocenters. The maximum Gasteiger partial charge on any atom is 0.227 e. The number of hydrogen-bond acceptors (Lipinski definition) is 3. The van der Waals surface area contributed by atoms with E-state index in [2.05, 4.69) is 47.6 Å². The fraction of sp³-hybridized carbons (Fsp3) is 0.600. The maximum atomic E-state index is 12.0. The van der Waals surface area contributed by atoms with Crippen molar-refractivity contribution >= 4 is 11.9 Å². The van der Waals surface area contributed by atoms with Crippen LogP contribution in [-0.2, 0) is 9.53 Å². The fourth-order valence-corrected chi connectivity index (χ4v) is 3.09. The summed E-state index contributed by atoms with van der Waals surface area (Å²) >= 11 is 0. The van der Waals surface area contributed by atoms with E-state index in [0.717, 1.165) is 25.6 Å². The molecule has 1 atom stereocenters. The van der Waals surface area contributed by atoms with Gasteiger partial charge in [-0.25, -0.2) is 0 Å². The quantitative estimate of drug-likeness (QED) is 0.623. The first kappa shape index (κ1) is 20.2. The molecule has 2 N–H and O–H groups in total. The van der Waals surface area contributed by atoms with Gasteiger partial charge in [-0.15, -0.1) is 0 Å². The minimum absolute atomic E-state index is 0.00290. The summed E-state index contributed by atoms with van der Waals surface area (Å²) in [6.45, 7) is 11.4. The van der Waals surface area contributed by atoms with Crippen LogP contribution >= 0.6 is 0 Å². The lowest BCUT2D eigenvalue weighted by Crippen LogP contribution is -2.49. The Morgan fingerprint density at radius 3 is 2.77 bits per heavy atom. The van der Waals surface area contributed by atoms with Crippen LogP contribution in [0.15, 0.2) is 29.3 Å². The van der Waals surface area contributed by atoms with Gasteiger partial charge in [0.15, 0.2) is 5.96 Å². The second-order valence-electron chi connectivity index (χ2n) is 7.30. The van der Waals surface area contributed by atoms with E-state index in [-0.39, 0.29) is 12.0 Å². The van der Waals surface area contributed by atoms with E-state index in [9.17, 15) is 4.79 Å². The highest BCUT2D eigenvalue weighted by Gasteiger charge is 2.28. The van der Waals surface area contributed by atoms with Crippen LogP contribution in [0.25, 0.3) is 0 Å². The SMILES string of the molecule is CCNC(=NCC(C)(C)C(=O)NC)N1CCOC(c2ccccc2C)C1. The molecule has 0 radical (unpaired) electrons. The van der Waals surface area contributed by atoms with Gasteiger partial charge >= 0.3 is 0 Å². The van der Waals surface area contributed by atoms with Crippen molar-refractivity contribution in [2.75, 3.05) is 39.8 Å². The van der Waals surface area contributed by atoms with Crippen molar-refractivity contribution in [1.29, 1.82) is 0 Å². The number of nitrogens with zero attached hydrogens (tertiary/aromatic N) is 2. The molecule has 2 rings (SSSR count). The highest BCUT2D eigenvalue weighted by Crippen LogP contribution is 2.25.